The quantitative estimate of drug-likeness (QED) is 0.629. The number of anilines is 1. The molecule has 1 atom stereocenters. The molecule has 1 aromatic rings. The van der Waals surface area contributed by atoms with E-state index >= 15 is 0 Å². The highest BCUT2D eigenvalue weighted by Crippen LogP contribution is 2.13. The largest absolute Gasteiger partial charge is 0.467 e. The molecule has 3 nitrogen and oxygen atoms in total. The van der Waals surface area contributed by atoms with Crippen LogP contribution < -0.4 is 5.32 Å². The Labute approximate surface area is 93.9 Å². The van der Waals surface area contributed by atoms with Gasteiger partial charge < -0.3 is 10.1 Å². The van der Waals surface area contributed by atoms with Crippen LogP contribution in [-0.4, -0.2) is 19.1 Å². The zero-order valence-electron chi connectivity index (χ0n) is 9.29. The van der Waals surface area contributed by atoms with E-state index in [1.54, 1.807) is 19.1 Å². The van der Waals surface area contributed by atoms with Gasteiger partial charge in [-0.2, -0.15) is 0 Å². The van der Waals surface area contributed by atoms with Crippen molar-refractivity contribution in [3.63, 3.8) is 0 Å². The molecule has 0 bridgehead atoms. The number of nitrogens with one attached hydrogen (secondary N) is 1. The second-order valence-electron chi connectivity index (χ2n) is 3.45. The predicted molar refractivity (Wildman–Crippen MR) is 60.6 cm³/mol. The van der Waals surface area contributed by atoms with E-state index in [0.29, 0.717) is 11.3 Å². The van der Waals surface area contributed by atoms with E-state index in [-0.39, 0.29) is 5.82 Å². The fourth-order valence-electron chi connectivity index (χ4n) is 1.21. The number of benzene rings is 1. The van der Waals surface area contributed by atoms with Crippen molar-refractivity contribution in [1.29, 1.82) is 0 Å². The van der Waals surface area contributed by atoms with E-state index < -0.39 is 12.0 Å². The molecule has 0 aliphatic heterocycles. The molecule has 0 spiro atoms. The molecule has 0 amide bonds. The number of ether oxygens (including phenoxy) is 1. The first-order valence-electron chi connectivity index (χ1n) is 4.80. The molecule has 1 unspecified atom stereocenters. The monoisotopic (exact) mass is 223 g/mol. The van der Waals surface area contributed by atoms with E-state index in [4.69, 9.17) is 0 Å². The lowest BCUT2D eigenvalue weighted by Crippen LogP contribution is -2.31. The fraction of sp³-hybridized carbons (Fsp3) is 0.250. The molecule has 0 saturated carbocycles. The molecule has 4 heteroatoms. The standard InChI is InChI=1S/C12H14FNO2/c1-8(2)11(12(15)16-3)14-10-6-4-9(13)5-7-10/h4-7,11,14H,1H2,2-3H3. The second-order valence-corrected chi connectivity index (χ2v) is 3.45. The summed E-state index contributed by atoms with van der Waals surface area (Å²) in [6.07, 6.45) is 0. The lowest BCUT2D eigenvalue weighted by molar-refractivity contribution is -0.140. The number of carbonyl (C=O) groups is 1. The summed E-state index contributed by atoms with van der Waals surface area (Å²) in [5.41, 5.74) is 1.27. The predicted octanol–water partition coefficient (Wildman–Crippen LogP) is 2.36. The van der Waals surface area contributed by atoms with Gasteiger partial charge in [-0.05, 0) is 36.8 Å². The molecular weight excluding hydrogens is 209 g/mol. The van der Waals surface area contributed by atoms with Crippen LogP contribution in [0.4, 0.5) is 10.1 Å². The van der Waals surface area contributed by atoms with Gasteiger partial charge in [0.25, 0.3) is 0 Å². The number of rotatable bonds is 4. The Morgan fingerprint density at radius 3 is 2.44 bits per heavy atom. The Kier molecular flexibility index (Phi) is 4.05. The Balaban J connectivity index is 2.80. The van der Waals surface area contributed by atoms with Crippen molar-refractivity contribution in [2.24, 2.45) is 0 Å². The maximum atomic E-state index is 12.7. The van der Waals surface area contributed by atoms with Gasteiger partial charge in [0, 0.05) is 5.69 Å². The molecule has 0 aliphatic carbocycles. The summed E-state index contributed by atoms with van der Waals surface area (Å²) in [6, 6.07) is 5.11. The zero-order valence-corrected chi connectivity index (χ0v) is 9.29. The number of carbonyl (C=O) groups excluding carboxylic acids is 1. The maximum absolute atomic E-state index is 12.7. The molecule has 1 N–H and O–H groups in total. The Morgan fingerprint density at radius 2 is 2.00 bits per heavy atom. The van der Waals surface area contributed by atoms with Crippen molar-refractivity contribution in [3.05, 3.63) is 42.2 Å². The van der Waals surface area contributed by atoms with Crippen molar-refractivity contribution in [3.8, 4) is 0 Å². The number of esters is 1. The minimum Gasteiger partial charge on any atom is -0.467 e. The van der Waals surface area contributed by atoms with Crippen molar-refractivity contribution in [1.82, 2.24) is 0 Å². The molecule has 0 saturated heterocycles. The van der Waals surface area contributed by atoms with Gasteiger partial charge >= 0.3 is 5.97 Å². The van der Waals surface area contributed by atoms with Crippen LogP contribution in [0.2, 0.25) is 0 Å². The van der Waals surface area contributed by atoms with Crippen LogP contribution in [0.25, 0.3) is 0 Å². The van der Waals surface area contributed by atoms with Gasteiger partial charge in [-0.1, -0.05) is 6.58 Å². The molecule has 86 valence electrons. The fourth-order valence-corrected chi connectivity index (χ4v) is 1.21. The highest BCUT2D eigenvalue weighted by molar-refractivity contribution is 5.82. The van der Waals surface area contributed by atoms with Crippen LogP contribution in [0.5, 0.6) is 0 Å². The third-order valence-corrected chi connectivity index (χ3v) is 2.08. The summed E-state index contributed by atoms with van der Waals surface area (Å²) in [5.74, 6) is -0.743. The summed E-state index contributed by atoms with van der Waals surface area (Å²) in [4.78, 5) is 11.4. The molecule has 16 heavy (non-hydrogen) atoms. The Bertz CT molecular complexity index is 387. The number of hydrogen-bond donors (Lipinski definition) is 1. The number of halogens is 1. The summed E-state index contributed by atoms with van der Waals surface area (Å²) < 4.78 is 17.3. The third-order valence-electron chi connectivity index (χ3n) is 2.08. The van der Waals surface area contributed by atoms with Crippen molar-refractivity contribution >= 4 is 11.7 Å². The highest BCUT2D eigenvalue weighted by Gasteiger charge is 2.19. The molecule has 0 aromatic heterocycles. The van der Waals surface area contributed by atoms with E-state index in [1.165, 1.54) is 19.2 Å². The lowest BCUT2D eigenvalue weighted by atomic mass is 10.1. The van der Waals surface area contributed by atoms with E-state index in [9.17, 15) is 9.18 Å². The van der Waals surface area contributed by atoms with Crippen molar-refractivity contribution < 1.29 is 13.9 Å². The summed E-state index contributed by atoms with van der Waals surface area (Å²) in [5, 5.41) is 2.92. The minimum atomic E-state index is -0.615. The lowest BCUT2D eigenvalue weighted by Gasteiger charge is -2.17. The second kappa shape index (κ2) is 5.30. The first kappa shape index (κ1) is 12.2. The Hall–Kier alpha value is -1.84. The minimum absolute atomic E-state index is 0.324. The van der Waals surface area contributed by atoms with Crippen LogP contribution >= 0.6 is 0 Å². The summed E-state index contributed by atoms with van der Waals surface area (Å²) in [6.45, 7) is 5.42. The van der Waals surface area contributed by atoms with Gasteiger partial charge in [0.2, 0.25) is 0 Å². The van der Waals surface area contributed by atoms with E-state index in [1.807, 2.05) is 0 Å². The van der Waals surface area contributed by atoms with Crippen molar-refractivity contribution in [2.75, 3.05) is 12.4 Å². The van der Waals surface area contributed by atoms with Gasteiger partial charge in [-0.25, -0.2) is 9.18 Å². The van der Waals surface area contributed by atoms with Crippen LogP contribution in [0.15, 0.2) is 36.4 Å². The van der Waals surface area contributed by atoms with Gasteiger partial charge in [0.05, 0.1) is 7.11 Å². The number of methoxy groups -OCH3 is 1. The van der Waals surface area contributed by atoms with Gasteiger partial charge in [-0.3, -0.25) is 0 Å². The first-order valence-corrected chi connectivity index (χ1v) is 4.80. The van der Waals surface area contributed by atoms with Crippen LogP contribution in [-0.2, 0) is 9.53 Å². The van der Waals surface area contributed by atoms with Gasteiger partial charge in [0.15, 0.2) is 0 Å². The molecule has 0 heterocycles. The maximum Gasteiger partial charge on any atom is 0.332 e. The normalized spacial score (nSPS) is 11.7. The van der Waals surface area contributed by atoms with E-state index in [2.05, 4.69) is 16.6 Å². The van der Waals surface area contributed by atoms with Crippen LogP contribution in [0, 0.1) is 5.82 Å². The Morgan fingerprint density at radius 1 is 1.44 bits per heavy atom. The average molecular weight is 223 g/mol. The third kappa shape index (κ3) is 3.08. The smallest absolute Gasteiger partial charge is 0.332 e. The summed E-state index contributed by atoms with van der Waals surface area (Å²) in [7, 11) is 1.31. The van der Waals surface area contributed by atoms with Gasteiger partial charge in [-0.15, -0.1) is 0 Å². The zero-order chi connectivity index (χ0) is 12.1. The molecule has 1 aromatic carbocycles. The summed E-state index contributed by atoms with van der Waals surface area (Å²) >= 11 is 0. The molecule has 0 aliphatic rings. The highest BCUT2D eigenvalue weighted by atomic mass is 19.1. The molecule has 0 fully saturated rings. The van der Waals surface area contributed by atoms with Gasteiger partial charge in [0.1, 0.15) is 11.9 Å². The van der Waals surface area contributed by atoms with Crippen molar-refractivity contribution in [2.45, 2.75) is 13.0 Å². The molecule has 1 rings (SSSR count). The first-order chi connectivity index (χ1) is 7.54. The SMILES string of the molecule is C=C(C)C(Nc1ccc(F)cc1)C(=O)OC. The van der Waals surface area contributed by atoms with Crippen LogP contribution in [0.1, 0.15) is 6.92 Å². The molecular formula is C12H14FNO2. The topological polar surface area (TPSA) is 38.3 Å². The van der Waals surface area contributed by atoms with Crippen LogP contribution in [0.3, 0.4) is 0 Å². The average Bonchev–Trinajstić information content (AvgIpc) is 2.27. The number of hydrogen-bond acceptors (Lipinski definition) is 3. The molecule has 0 radical (unpaired) electrons. The van der Waals surface area contributed by atoms with E-state index in [0.717, 1.165) is 0 Å².